The van der Waals surface area contributed by atoms with E-state index in [1.807, 2.05) is 0 Å². The van der Waals surface area contributed by atoms with Gasteiger partial charge in [0.25, 0.3) is 17.7 Å². The lowest BCUT2D eigenvalue weighted by molar-refractivity contribution is -0.123. The maximum Gasteiger partial charge on any atom is 0.272 e. The van der Waals surface area contributed by atoms with Crippen LogP contribution in [0.25, 0.3) is 0 Å². The fourth-order valence-corrected chi connectivity index (χ4v) is 8.90. The van der Waals surface area contributed by atoms with Crippen LogP contribution in [0.5, 0.6) is 17.2 Å². The van der Waals surface area contributed by atoms with E-state index in [1.54, 1.807) is 10.9 Å². The molecule has 0 aliphatic heterocycles. The first-order chi connectivity index (χ1) is 41.7. The summed E-state index contributed by atoms with van der Waals surface area (Å²) in [6.45, 7) is -3.26. The minimum Gasteiger partial charge on any atom is -0.512 e. The zero-order valence-corrected chi connectivity index (χ0v) is 47.8. The van der Waals surface area contributed by atoms with Gasteiger partial charge in [0.15, 0.2) is 47.9 Å². The summed E-state index contributed by atoms with van der Waals surface area (Å²) in [7, 11) is 1.53. The first-order valence-corrected chi connectivity index (χ1v) is 27.5. The molecule has 5 amide bonds. The van der Waals surface area contributed by atoms with E-state index in [0.29, 0.717) is 50.4 Å². The van der Waals surface area contributed by atoms with Crippen molar-refractivity contribution in [3.05, 3.63) is 121 Å². The molecule has 0 fully saturated rings. The Kier molecular flexibility index (Phi) is 29.9. The van der Waals surface area contributed by atoms with Crippen LogP contribution in [0, 0.1) is 0 Å². The van der Waals surface area contributed by atoms with Crippen LogP contribution in [0.1, 0.15) is 108 Å². The number of carbonyl (C=O) groups is 5. The van der Waals surface area contributed by atoms with Gasteiger partial charge in [-0.2, -0.15) is 0 Å². The summed E-state index contributed by atoms with van der Waals surface area (Å²) < 4.78 is 25.3. The predicted molar refractivity (Wildman–Crippen MR) is 302 cm³/mol. The molecule has 87 heavy (non-hydrogen) atoms. The quantitative estimate of drug-likeness (QED) is 0.0130. The van der Waals surface area contributed by atoms with Gasteiger partial charge in [0, 0.05) is 101 Å². The molecule has 0 bridgehead atoms. The number of aliphatic hydroxyl groups is 7. The number of nitrogens with one attached hydrogen (secondary N) is 5. The smallest absolute Gasteiger partial charge is 0.272 e. The van der Waals surface area contributed by atoms with E-state index in [2.05, 4.69) is 36.9 Å². The molecule has 0 saturated carbocycles. The van der Waals surface area contributed by atoms with Crippen molar-refractivity contribution >= 4 is 29.5 Å². The second kappa shape index (κ2) is 36.9. The second-order valence-electron chi connectivity index (χ2n) is 19.7. The van der Waals surface area contributed by atoms with Crippen LogP contribution >= 0.6 is 0 Å². The van der Waals surface area contributed by atoms with Crippen molar-refractivity contribution in [2.24, 2.45) is 0 Å². The van der Waals surface area contributed by atoms with E-state index >= 15 is 0 Å². The van der Waals surface area contributed by atoms with Gasteiger partial charge in [-0.25, -0.2) is 0 Å². The van der Waals surface area contributed by atoms with Gasteiger partial charge in [-0.05, 0) is 51.4 Å². The van der Waals surface area contributed by atoms with Gasteiger partial charge in [-0.3, -0.25) is 43.0 Å². The summed E-state index contributed by atoms with van der Waals surface area (Å²) >= 11 is 0. The summed E-state index contributed by atoms with van der Waals surface area (Å²) in [4.78, 5) is 105. The normalized spacial score (nSPS) is 13.0. The number of rotatable bonds is 41. The maximum absolute atomic E-state index is 14.2. The Balaban J connectivity index is 1.62. The number of hydrogen-bond acceptors (Lipinski definition) is 24. The highest BCUT2D eigenvalue weighted by Crippen LogP contribution is 2.27. The molecule has 15 N–H and O–H groups in total. The molecule has 0 aromatic carbocycles. The fourth-order valence-electron chi connectivity index (χ4n) is 8.90. The molecule has 0 saturated heterocycles. The molecular weight excluding hydrogens is 1150 g/mol. The summed E-state index contributed by atoms with van der Waals surface area (Å²) in [5.41, 5.74) is -4.97. The Labute approximate surface area is 496 Å². The van der Waals surface area contributed by atoms with E-state index in [1.165, 1.54) is 19.4 Å². The number of aromatic hydroxyl groups is 3. The number of unbranched alkanes of at least 4 members (excludes halogenated alkanes) is 2. The number of aryl methyl sites for hydroxylation is 2. The van der Waals surface area contributed by atoms with Crippen molar-refractivity contribution in [1.82, 2.24) is 55.3 Å². The third-order valence-electron chi connectivity index (χ3n) is 13.4. The number of aromatic nitrogens is 6. The molecule has 33 heteroatoms. The van der Waals surface area contributed by atoms with Gasteiger partial charge in [-0.15, -0.1) is 5.10 Å². The zero-order chi connectivity index (χ0) is 63.9. The van der Waals surface area contributed by atoms with Crippen molar-refractivity contribution in [2.45, 2.75) is 134 Å². The topological polar surface area (TPSA) is 481 Å². The monoisotopic (exact) mass is 1230 g/mol. The molecule has 0 aliphatic rings. The predicted octanol–water partition coefficient (Wildman–Crippen LogP) is -2.00. The lowest BCUT2D eigenvalue weighted by Gasteiger charge is -2.36. The van der Waals surface area contributed by atoms with Crippen LogP contribution in [0.2, 0.25) is 0 Å². The van der Waals surface area contributed by atoms with E-state index in [0.717, 1.165) is 50.6 Å². The summed E-state index contributed by atoms with van der Waals surface area (Å²) in [5, 5.41) is 122. The first kappa shape index (κ1) is 70.6. The van der Waals surface area contributed by atoms with Crippen molar-refractivity contribution in [2.75, 3.05) is 46.9 Å². The first-order valence-electron chi connectivity index (χ1n) is 27.5. The maximum atomic E-state index is 14.2. The largest absolute Gasteiger partial charge is 0.512 e. The molecule has 33 nitrogen and oxygen atoms in total. The second-order valence-corrected chi connectivity index (χ2v) is 19.7. The van der Waals surface area contributed by atoms with Gasteiger partial charge in [-0.1, -0.05) is 11.6 Å². The van der Waals surface area contributed by atoms with Crippen molar-refractivity contribution in [3.63, 3.8) is 0 Å². The van der Waals surface area contributed by atoms with Crippen LogP contribution < -0.4 is 42.9 Å². The van der Waals surface area contributed by atoms with E-state index in [4.69, 9.17) is 29.2 Å². The van der Waals surface area contributed by atoms with Crippen LogP contribution in [0.15, 0.2) is 82.4 Å². The number of carbonyl (C=O) groups excluding carboxylic acids is 5. The van der Waals surface area contributed by atoms with Gasteiger partial charge in [0.05, 0.1) is 18.8 Å². The number of ether oxygens (including phenoxy) is 4. The molecule has 4 rings (SSSR count). The molecular formula is C54H77N11O22. The molecule has 0 aliphatic carbocycles. The molecule has 4 unspecified atom stereocenters. The molecule has 4 aromatic heterocycles. The van der Waals surface area contributed by atoms with Gasteiger partial charge < -0.3 is 110 Å². The Morgan fingerprint density at radius 3 is 1.54 bits per heavy atom. The van der Waals surface area contributed by atoms with Gasteiger partial charge in [0.1, 0.15) is 62.9 Å². The molecule has 4 aromatic rings. The number of hydrogen-bond donors (Lipinski definition) is 15. The minimum absolute atomic E-state index is 0.00443. The highest BCUT2D eigenvalue weighted by molar-refractivity contribution is 5.96. The van der Waals surface area contributed by atoms with Crippen LogP contribution in [-0.2, 0) is 61.5 Å². The van der Waals surface area contributed by atoms with E-state index < -0.39 is 117 Å². The van der Waals surface area contributed by atoms with Gasteiger partial charge in [0.2, 0.25) is 28.1 Å². The zero-order valence-electron chi connectivity index (χ0n) is 47.8. The lowest BCUT2D eigenvalue weighted by atomic mass is 9.83. The summed E-state index contributed by atoms with van der Waals surface area (Å²) in [6, 6.07) is 2.87. The fraction of sp³-hybridized carbons (Fsp3) is 0.519. The van der Waals surface area contributed by atoms with Crippen LogP contribution in [-0.4, -0.2) is 186 Å². The Morgan fingerprint density at radius 2 is 1.08 bits per heavy atom. The standard InChI is InChI=1S/C54H77N11O22/c1-55-41(74)10-9-35-28-65(61-60-35)20-4-2-3-8-42(75)59-54(15-6-18-57-52(82)44-47(77)37(70)12-22-63(44)31-86-33-84-26-24-66,16-7-19-58-53(83)45-48(78)38(71)13-23-64(45)32-87-34-85-27-25-67)14-5-17-56-51(81)43-46(76)36(69)11-21-62(43)29-39(72)49(79)50(80)40(73)30-68/h11-13,21-28,39-40,49-50,66-68,72-73,76-80H,2-10,14-20,29-34H2,1H3,(H,55,74)(H,56,81)(H,57,82)(H,58,83)(H,59,75)/b26-24+,27-25+. The van der Waals surface area contributed by atoms with E-state index in [9.17, 15) is 79.2 Å². The average Bonchev–Trinajstić information content (AvgIpc) is 3.38. The van der Waals surface area contributed by atoms with Crippen LogP contribution in [0.3, 0.4) is 0 Å². The highest BCUT2D eigenvalue weighted by Gasteiger charge is 2.33. The van der Waals surface area contributed by atoms with Crippen molar-refractivity contribution in [1.29, 1.82) is 0 Å². The highest BCUT2D eigenvalue weighted by atomic mass is 16.7. The number of nitrogens with zero attached hydrogens (tertiary/aromatic N) is 6. The Morgan fingerprint density at radius 1 is 0.621 bits per heavy atom. The molecule has 4 heterocycles. The molecule has 4 atom stereocenters. The molecule has 0 spiro atoms. The van der Waals surface area contributed by atoms with E-state index in [-0.39, 0.29) is 104 Å². The Hall–Kier alpha value is -8.86. The molecule has 480 valence electrons. The van der Waals surface area contributed by atoms with Gasteiger partial charge >= 0.3 is 0 Å². The third-order valence-corrected chi connectivity index (χ3v) is 13.4. The number of pyridine rings is 3. The lowest BCUT2D eigenvalue weighted by Crippen LogP contribution is -2.50. The summed E-state index contributed by atoms with van der Waals surface area (Å²) in [5.74, 6) is -6.25. The van der Waals surface area contributed by atoms with Crippen molar-refractivity contribution in [3.8, 4) is 17.2 Å². The number of amides is 5. The minimum atomic E-state index is -2.07. The third kappa shape index (κ3) is 22.5. The van der Waals surface area contributed by atoms with Crippen molar-refractivity contribution < 1.29 is 94.0 Å². The molecule has 0 radical (unpaired) electrons. The van der Waals surface area contributed by atoms with Crippen LogP contribution in [0.4, 0.5) is 0 Å². The summed E-state index contributed by atoms with van der Waals surface area (Å²) in [6.07, 6.45) is 2.95. The SMILES string of the molecule is CNC(=O)CCc1cn(CCCCCC(=O)NC(CCCNC(=O)c2c(O)c(=O)ccn2COCO/C=C/O)(CCCNC(=O)c2c(O)c(=O)ccn2COCO/C=C/O)CCCNC(=O)c2c(O)c(=O)ccn2CC(O)C(O)C(O)C(O)CO)nn1. The number of aliphatic hydroxyl groups excluding tert-OH is 7. The Bertz CT molecular complexity index is 3000. The average molecular weight is 1230 g/mol.